The zero-order valence-electron chi connectivity index (χ0n) is 9.82. The molecule has 0 saturated heterocycles. The maximum Gasteiger partial charge on any atom is 0.124 e. The van der Waals surface area contributed by atoms with Gasteiger partial charge < -0.3 is 4.74 Å². The standard InChI is InChI=1S/C14H15NO/c1-10-7-13(8-11(2)14(10)16-3)12-5-4-6-15-9-12/h4-9H,1-3H3. The first-order valence-corrected chi connectivity index (χ1v) is 5.28. The summed E-state index contributed by atoms with van der Waals surface area (Å²) in [4.78, 5) is 4.13. The number of pyridine rings is 1. The lowest BCUT2D eigenvalue weighted by atomic mass is 10.0. The number of nitrogens with zero attached hydrogens (tertiary/aromatic N) is 1. The van der Waals surface area contributed by atoms with Crippen LogP contribution in [0.4, 0.5) is 0 Å². The van der Waals surface area contributed by atoms with Crippen LogP contribution in [0.15, 0.2) is 36.7 Å². The Morgan fingerprint density at radius 1 is 1.06 bits per heavy atom. The van der Waals surface area contributed by atoms with Crippen LogP contribution in [0.25, 0.3) is 11.1 Å². The summed E-state index contributed by atoms with van der Waals surface area (Å²) in [7, 11) is 1.71. The quantitative estimate of drug-likeness (QED) is 0.763. The lowest BCUT2D eigenvalue weighted by Crippen LogP contribution is -1.92. The average Bonchev–Trinajstić information content (AvgIpc) is 2.30. The Balaban J connectivity index is 2.53. The Morgan fingerprint density at radius 2 is 1.75 bits per heavy atom. The van der Waals surface area contributed by atoms with Gasteiger partial charge in [0.1, 0.15) is 5.75 Å². The van der Waals surface area contributed by atoms with Crippen LogP contribution in [-0.2, 0) is 0 Å². The maximum atomic E-state index is 5.35. The first-order chi connectivity index (χ1) is 7.72. The van der Waals surface area contributed by atoms with Crippen molar-refractivity contribution in [2.45, 2.75) is 13.8 Å². The highest BCUT2D eigenvalue weighted by Crippen LogP contribution is 2.29. The predicted molar refractivity (Wildman–Crippen MR) is 65.7 cm³/mol. The van der Waals surface area contributed by atoms with Crippen molar-refractivity contribution in [1.29, 1.82) is 0 Å². The van der Waals surface area contributed by atoms with E-state index in [-0.39, 0.29) is 0 Å². The molecule has 82 valence electrons. The summed E-state index contributed by atoms with van der Waals surface area (Å²) in [6.45, 7) is 4.12. The van der Waals surface area contributed by atoms with Crippen LogP contribution in [0.3, 0.4) is 0 Å². The van der Waals surface area contributed by atoms with Gasteiger partial charge in [-0.25, -0.2) is 0 Å². The van der Waals surface area contributed by atoms with Crippen molar-refractivity contribution in [3.05, 3.63) is 47.8 Å². The summed E-state index contributed by atoms with van der Waals surface area (Å²) in [6, 6.07) is 8.27. The van der Waals surface area contributed by atoms with E-state index in [1.165, 1.54) is 5.56 Å². The molecule has 0 spiro atoms. The number of hydrogen-bond acceptors (Lipinski definition) is 2. The van der Waals surface area contributed by atoms with Crippen molar-refractivity contribution in [3.63, 3.8) is 0 Å². The van der Waals surface area contributed by atoms with Crippen LogP contribution in [-0.4, -0.2) is 12.1 Å². The highest BCUT2D eigenvalue weighted by Gasteiger charge is 2.06. The zero-order chi connectivity index (χ0) is 11.5. The van der Waals surface area contributed by atoms with E-state index >= 15 is 0 Å². The van der Waals surface area contributed by atoms with Crippen molar-refractivity contribution in [2.24, 2.45) is 0 Å². The third kappa shape index (κ3) is 1.91. The van der Waals surface area contributed by atoms with Gasteiger partial charge in [0.25, 0.3) is 0 Å². The monoisotopic (exact) mass is 213 g/mol. The van der Waals surface area contributed by atoms with Gasteiger partial charge in [-0.3, -0.25) is 4.98 Å². The molecule has 0 aliphatic rings. The van der Waals surface area contributed by atoms with E-state index in [1.54, 1.807) is 13.3 Å². The molecule has 1 aromatic carbocycles. The van der Waals surface area contributed by atoms with Gasteiger partial charge in [-0.1, -0.05) is 6.07 Å². The third-order valence-corrected chi connectivity index (χ3v) is 2.66. The first kappa shape index (κ1) is 10.7. The van der Waals surface area contributed by atoms with Crippen LogP contribution in [0.2, 0.25) is 0 Å². The normalized spacial score (nSPS) is 10.2. The van der Waals surface area contributed by atoms with Gasteiger partial charge in [0.05, 0.1) is 7.11 Å². The summed E-state index contributed by atoms with van der Waals surface area (Å²) in [6.07, 6.45) is 3.66. The SMILES string of the molecule is COc1c(C)cc(-c2cccnc2)cc1C. The van der Waals surface area contributed by atoms with Gasteiger partial charge in [0.15, 0.2) is 0 Å². The topological polar surface area (TPSA) is 22.1 Å². The molecule has 2 rings (SSSR count). The molecule has 16 heavy (non-hydrogen) atoms. The first-order valence-electron chi connectivity index (χ1n) is 5.28. The van der Waals surface area contributed by atoms with Gasteiger partial charge in [-0.15, -0.1) is 0 Å². The molecule has 2 nitrogen and oxygen atoms in total. The third-order valence-electron chi connectivity index (χ3n) is 2.66. The lowest BCUT2D eigenvalue weighted by molar-refractivity contribution is 0.408. The summed E-state index contributed by atoms with van der Waals surface area (Å²) in [5.74, 6) is 0.965. The molecule has 2 heteroatoms. The van der Waals surface area contributed by atoms with Gasteiger partial charge in [-0.05, 0) is 48.7 Å². The summed E-state index contributed by atoms with van der Waals surface area (Å²) >= 11 is 0. The number of aryl methyl sites for hydroxylation is 2. The molecule has 0 radical (unpaired) electrons. The van der Waals surface area contributed by atoms with E-state index in [4.69, 9.17) is 4.74 Å². The Bertz CT molecular complexity index is 468. The van der Waals surface area contributed by atoms with Crippen molar-refractivity contribution < 1.29 is 4.74 Å². The maximum absolute atomic E-state index is 5.35. The number of aromatic nitrogens is 1. The zero-order valence-corrected chi connectivity index (χ0v) is 9.82. The van der Waals surface area contributed by atoms with Crippen molar-refractivity contribution in [1.82, 2.24) is 4.98 Å². The largest absolute Gasteiger partial charge is 0.496 e. The Hall–Kier alpha value is -1.83. The second-order valence-corrected chi connectivity index (χ2v) is 3.88. The summed E-state index contributed by atoms with van der Waals surface area (Å²) in [5.41, 5.74) is 4.63. The Morgan fingerprint density at radius 3 is 2.25 bits per heavy atom. The number of methoxy groups -OCH3 is 1. The Labute approximate surface area is 95.9 Å². The highest BCUT2D eigenvalue weighted by atomic mass is 16.5. The molecule has 0 saturated carbocycles. The van der Waals surface area contributed by atoms with Gasteiger partial charge in [0, 0.05) is 18.0 Å². The fourth-order valence-corrected chi connectivity index (χ4v) is 1.97. The molecular weight excluding hydrogens is 198 g/mol. The molecule has 0 fully saturated rings. The predicted octanol–water partition coefficient (Wildman–Crippen LogP) is 3.37. The molecule has 0 unspecified atom stereocenters. The molecule has 1 aromatic heterocycles. The van der Waals surface area contributed by atoms with Crippen LogP contribution in [0.5, 0.6) is 5.75 Å². The van der Waals surface area contributed by atoms with Crippen LogP contribution >= 0.6 is 0 Å². The number of rotatable bonds is 2. The minimum absolute atomic E-state index is 0.965. The van der Waals surface area contributed by atoms with E-state index in [0.717, 1.165) is 22.4 Å². The summed E-state index contributed by atoms with van der Waals surface area (Å²) in [5, 5.41) is 0. The van der Waals surface area contributed by atoms with Gasteiger partial charge in [0.2, 0.25) is 0 Å². The molecule has 0 N–H and O–H groups in total. The number of hydrogen-bond donors (Lipinski definition) is 0. The van der Waals surface area contributed by atoms with E-state index < -0.39 is 0 Å². The van der Waals surface area contributed by atoms with E-state index in [2.05, 4.69) is 37.0 Å². The fourth-order valence-electron chi connectivity index (χ4n) is 1.97. The van der Waals surface area contributed by atoms with Crippen LogP contribution in [0, 0.1) is 13.8 Å². The van der Waals surface area contributed by atoms with E-state index in [1.807, 2.05) is 12.3 Å². The number of benzene rings is 1. The molecule has 0 aliphatic carbocycles. The molecule has 0 bridgehead atoms. The van der Waals surface area contributed by atoms with Crippen molar-refractivity contribution in [2.75, 3.05) is 7.11 Å². The molecule has 1 heterocycles. The average molecular weight is 213 g/mol. The molecule has 0 atom stereocenters. The molecule has 2 aromatic rings. The molecule has 0 aliphatic heterocycles. The van der Waals surface area contributed by atoms with E-state index in [0.29, 0.717) is 0 Å². The number of ether oxygens (including phenoxy) is 1. The van der Waals surface area contributed by atoms with Crippen molar-refractivity contribution >= 4 is 0 Å². The van der Waals surface area contributed by atoms with E-state index in [9.17, 15) is 0 Å². The second-order valence-electron chi connectivity index (χ2n) is 3.88. The lowest BCUT2D eigenvalue weighted by Gasteiger charge is -2.11. The van der Waals surface area contributed by atoms with Gasteiger partial charge in [-0.2, -0.15) is 0 Å². The van der Waals surface area contributed by atoms with Crippen molar-refractivity contribution in [3.8, 4) is 16.9 Å². The smallest absolute Gasteiger partial charge is 0.124 e. The molecule has 0 amide bonds. The minimum Gasteiger partial charge on any atom is -0.496 e. The Kier molecular flexibility index (Phi) is 2.91. The second kappa shape index (κ2) is 4.35. The molecular formula is C14H15NO. The van der Waals surface area contributed by atoms with Crippen LogP contribution in [0.1, 0.15) is 11.1 Å². The fraction of sp³-hybridized carbons (Fsp3) is 0.214. The minimum atomic E-state index is 0.965. The highest BCUT2D eigenvalue weighted by molar-refractivity contribution is 5.66. The summed E-state index contributed by atoms with van der Waals surface area (Å²) < 4.78 is 5.35. The van der Waals surface area contributed by atoms with Crippen LogP contribution < -0.4 is 4.74 Å². The van der Waals surface area contributed by atoms with Gasteiger partial charge >= 0.3 is 0 Å².